The Balaban J connectivity index is 1.71. The van der Waals surface area contributed by atoms with Crippen molar-refractivity contribution in [1.82, 2.24) is 9.97 Å². The number of methoxy groups -OCH3 is 2. The summed E-state index contributed by atoms with van der Waals surface area (Å²) in [5.41, 5.74) is 1.63. The summed E-state index contributed by atoms with van der Waals surface area (Å²) in [5, 5.41) is 0.540. The Bertz CT molecular complexity index is 945. The van der Waals surface area contributed by atoms with E-state index in [1.165, 1.54) is 12.4 Å². The predicted octanol–water partition coefficient (Wildman–Crippen LogP) is 4.17. The summed E-state index contributed by atoms with van der Waals surface area (Å²) in [4.78, 5) is 20.7. The molecular formula is C20H17ClN2O4. The fraction of sp³-hybridized carbons (Fsp3) is 0.150. The van der Waals surface area contributed by atoms with Crippen LogP contribution in [0.3, 0.4) is 0 Å². The number of halogens is 1. The monoisotopic (exact) mass is 384 g/mol. The molecule has 2 aromatic carbocycles. The first-order valence-corrected chi connectivity index (χ1v) is 8.45. The minimum Gasteiger partial charge on any atom is -0.497 e. The summed E-state index contributed by atoms with van der Waals surface area (Å²) in [7, 11) is 3.11. The molecule has 3 aromatic rings. The summed E-state index contributed by atoms with van der Waals surface area (Å²) in [6.45, 7) is 0.0332. The van der Waals surface area contributed by atoms with Crippen LogP contribution in [0.4, 0.5) is 0 Å². The second-order valence-electron chi connectivity index (χ2n) is 5.53. The van der Waals surface area contributed by atoms with E-state index in [0.29, 0.717) is 33.5 Å². The van der Waals surface area contributed by atoms with Gasteiger partial charge in [-0.15, -0.1) is 0 Å². The molecule has 27 heavy (non-hydrogen) atoms. The highest BCUT2D eigenvalue weighted by Gasteiger charge is 2.13. The van der Waals surface area contributed by atoms with E-state index in [4.69, 9.17) is 25.8 Å². The zero-order chi connectivity index (χ0) is 19.2. The first-order chi connectivity index (χ1) is 13.1. The van der Waals surface area contributed by atoms with Crippen molar-refractivity contribution in [2.75, 3.05) is 14.2 Å². The average molecular weight is 385 g/mol. The number of esters is 1. The molecule has 138 valence electrons. The average Bonchev–Trinajstić information content (AvgIpc) is 2.72. The van der Waals surface area contributed by atoms with Gasteiger partial charge in [0.2, 0.25) is 0 Å². The quantitative estimate of drug-likeness (QED) is 0.594. The lowest BCUT2D eigenvalue weighted by molar-refractivity contribution is 0.0469. The first-order valence-electron chi connectivity index (χ1n) is 8.07. The van der Waals surface area contributed by atoms with Gasteiger partial charge >= 0.3 is 5.97 Å². The first kappa shape index (κ1) is 18.7. The van der Waals surface area contributed by atoms with E-state index >= 15 is 0 Å². The third-order valence-electron chi connectivity index (χ3n) is 3.85. The van der Waals surface area contributed by atoms with Crippen molar-refractivity contribution in [3.8, 4) is 22.9 Å². The van der Waals surface area contributed by atoms with Crippen molar-refractivity contribution in [1.29, 1.82) is 0 Å². The van der Waals surface area contributed by atoms with E-state index < -0.39 is 5.97 Å². The molecular weight excluding hydrogens is 368 g/mol. The third kappa shape index (κ3) is 4.35. The predicted molar refractivity (Wildman–Crippen MR) is 101 cm³/mol. The summed E-state index contributed by atoms with van der Waals surface area (Å²) >= 11 is 6.14. The van der Waals surface area contributed by atoms with Gasteiger partial charge in [-0.2, -0.15) is 0 Å². The van der Waals surface area contributed by atoms with Crippen molar-refractivity contribution in [2.24, 2.45) is 0 Å². The van der Waals surface area contributed by atoms with Crippen molar-refractivity contribution < 1.29 is 19.0 Å². The van der Waals surface area contributed by atoms with Gasteiger partial charge < -0.3 is 14.2 Å². The largest absolute Gasteiger partial charge is 0.497 e. The summed E-state index contributed by atoms with van der Waals surface area (Å²) in [5.74, 6) is 1.15. The van der Waals surface area contributed by atoms with Gasteiger partial charge in [0.1, 0.15) is 18.1 Å². The van der Waals surface area contributed by atoms with Crippen LogP contribution < -0.4 is 9.47 Å². The molecule has 0 aliphatic heterocycles. The lowest BCUT2D eigenvalue weighted by Crippen LogP contribution is -2.07. The minimum absolute atomic E-state index is 0.0332. The van der Waals surface area contributed by atoms with Crippen LogP contribution in [0.2, 0.25) is 5.02 Å². The number of hydrogen-bond donors (Lipinski definition) is 0. The second kappa shape index (κ2) is 8.51. The molecule has 6 nitrogen and oxygen atoms in total. The van der Waals surface area contributed by atoms with Crippen LogP contribution in [0.15, 0.2) is 54.9 Å². The van der Waals surface area contributed by atoms with E-state index in [1.54, 1.807) is 38.5 Å². The lowest BCUT2D eigenvalue weighted by atomic mass is 10.2. The summed E-state index contributed by atoms with van der Waals surface area (Å²) < 4.78 is 15.8. The highest BCUT2D eigenvalue weighted by molar-refractivity contribution is 6.33. The van der Waals surface area contributed by atoms with Gasteiger partial charge in [0.25, 0.3) is 0 Å². The molecule has 0 saturated carbocycles. The van der Waals surface area contributed by atoms with E-state index in [0.717, 1.165) is 0 Å². The highest BCUT2D eigenvalue weighted by atomic mass is 35.5. The molecule has 7 heteroatoms. The molecule has 0 amide bonds. The fourth-order valence-electron chi connectivity index (χ4n) is 2.44. The molecule has 1 heterocycles. The molecule has 0 spiro atoms. The van der Waals surface area contributed by atoms with E-state index in [2.05, 4.69) is 9.97 Å². The molecule has 3 rings (SSSR count). The molecule has 0 N–H and O–H groups in total. The number of rotatable bonds is 6. The fourth-order valence-corrected chi connectivity index (χ4v) is 2.66. The highest BCUT2D eigenvalue weighted by Crippen LogP contribution is 2.26. The second-order valence-corrected chi connectivity index (χ2v) is 5.94. The number of hydrogen-bond acceptors (Lipinski definition) is 6. The Morgan fingerprint density at radius 1 is 1.04 bits per heavy atom. The van der Waals surface area contributed by atoms with E-state index in [9.17, 15) is 4.79 Å². The zero-order valence-electron chi connectivity index (χ0n) is 14.8. The molecule has 0 saturated heterocycles. The van der Waals surface area contributed by atoms with Gasteiger partial charge in [0, 0.05) is 23.5 Å². The van der Waals surface area contributed by atoms with Gasteiger partial charge in [0.05, 0.1) is 24.8 Å². The molecule has 0 aliphatic carbocycles. The molecule has 0 aliphatic rings. The van der Waals surface area contributed by atoms with Crippen LogP contribution in [0.25, 0.3) is 11.4 Å². The smallest absolute Gasteiger partial charge is 0.341 e. The van der Waals surface area contributed by atoms with Crippen LogP contribution in [-0.4, -0.2) is 30.2 Å². The van der Waals surface area contributed by atoms with Gasteiger partial charge in [-0.1, -0.05) is 23.7 Å². The Morgan fingerprint density at radius 2 is 1.78 bits per heavy atom. The van der Waals surface area contributed by atoms with Crippen LogP contribution in [0, 0.1) is 0 Å². The summed E-state index contributed by atoms with van der Waals surface area (Å²) in [6.07, 6.45) is 2.83. The molecule has 0 radical (unpaired) electrons. The van der Waals surface area contributed by atoms with Gasteiger partial charge in [0.15, 0.2) is 5.82 Å². The van der Waals surface area contributed by atoms with Gasteiger partial charge in [-0.05, 0) is 30.3 Å². The Kier molecular flexibility index (Phi) is 5.88. The standard InChI is InChI=1S/C20H17ClN2O4/c1-25-15-7-8-18(26-2)13(9-15)12-27-20(24)14-10-22-19(23-11-14)16-5-3-4-6-17(16)21/h3-11H,12H2,1-2H3. The van der Waals surface area contributed by atoms with E-state index in [1.807, 2.05) is 18.2 Å². The number of nitrogens with zero attached hydrogens (tertiary/aromatic N) is 2. The van der Waals surface area contributed by atoms with Crippen LogP contribution in [0.1, 0.15) is 15.9 Å². The van der Waals surface area contributed by atoms with Crippen LogP contribution in [-0.2, 0) is 11.3 Å². The third-order valence-corrected chi connectivity index (χ3v) is 4.18. The lowest BCUT2D eigenvalue weighted by Gasteiger charge is -2.11. The number of benzene rings is 2. The SMILES string of the molecule is COc1ccc(OC)c(COC(=O)c2cnc(-c3ccccc3Cl)nc2)c1. The molecule has 0 unspecified atom stereocenters. The molecule has 0 fully saturated rings. The van der Waals surface area contributed by atoms with Crippen molar-refractivity contribution in [3.63, 3.8) is 0 Å². The zero-order valence-corrected chi connectivity index (χ0v) is 15.6. The van der Waals surface area contributed by atoms with Crippen molar-refractivity contribution in [2.45, 2.75) is 6.61 Å². The maximum atomic E-state index is 12.3. The maximum Gasteiger partial charge on any atom is 0.341 e. The number of carbonyl (C=O) groups is 1. The number of carbonyl (C=O) groups excluding carboxylic acids is 1. The maximum absolute atomic E-state index is 12.3. The Hall–Kier alpha value is -3.12. The van der Waals surface area contributed by atoms with E-state index in [-0.39, 0.29) is 12.2 Å². The molecule has 1 aromatic heterocycles. The molecule has 0 bridgehead atoms. The van der Waals surface area contributed by atoms with Crippen molar-refractivity contribution in [3.05, 3.63) is 71.0 Å². The number of ether oxygens (including phenoxy) is 3. The topological polar surface area (TPSA) is 70.5 Å². The van der Waals surface area contributed by atoms with Crippen LogP contribution in [0.5, 0.6) is 11.5 Å². The molecule has 0 atom stereocenters. The minimum atomic E-state index is -0.536. The Labute approximate surface area is 161 Å². The van der Waals surface area contributed by atoms with Gasteiger partial charge in [-0.3, -0.25) is 0 Å². The van der Waals surface area contributed by atoms with Crippen molar-refractivity contribution >= 4 is 17.6 Å². The summed E-state index contributed by atoms with van der Waals surface area (Å²) in [6, 6.07) is 12.5. The number of aromatic nitrogens is 2. The Morgan fingerprint density at radius 3 is 2.44 bits per heavy atom. The normalized spacial score (nSPS) is 10.3. The van der Waals surface area contributed by atoms with Gasteiger partial charge in [-0.25, -0.2) is 14.8 Å². The van der Waals surface area contributed by atoms with Crippen LogP contribution >= 0.6 is 11.6 Å².